The highest BCUT2D eigenvalue weighted by Gasteiger charge is 2.35. The molecule has 5 rings (SSSR count). The van der Waals surface area contributed by atoms with Crippen LogP contribution in [0.15, 0.2) is 78.9 Å². The number of hydrogen-bond donors (Lipinski definition) is 1. The summed E-state index contributed by atoms with van der Waals surface area (Å²) in [4.78, 5) is 19.6. The topological polar surface area (TPSA) is 76.8 Å². The fourth-order valence-corrected chi connectivity index (χ4v) is 4.59. The van der Waals surface area contributed by atoms with E-state index in [1.807, 2.05) is 90.4 Å². The second-order valence-corrected chi connectivity index (χ2v) is 8.68. The van der Waals surface area contributed by atoms with Crippen molar-refractivity contribution < 1.29 is 19.4 Å². The molecular formula is C28H29N3O4. The molecule has 0 aliphatic carbocycles. The van der Waals surface area contributed by atoms with Gasteiger partial charge in [-0.05, 0) is 55.5 Å². The Hall–Kier alpha value is -3.84. The lowest BCUT2D eigenvalue weighted by molar-refractivity contribution is -0.117. The number of carbonyl (C=O) groups excluding carboxylic acids is 1. The summed E-state index contributed by atoms with van der Waals surface area (Å²) in [6, 6.07) is 24.9. The maximum absolute atomic E-state index is 13.0. The molecule has 180 valence electrons. The van der Waals surface area contributed by atoms with Gasteiger partial charge in [0.15, 0.2) is 0 Å². The van der Waals surface area contributed by atoms with Gasteiger partial charge in [-0.15, -0.1) is 0 Å². The minimum absolute atomic E-state index is 0.0609. The monoisotopic (exact) mass is 471 g/mol. The Kier molecular flexibility index (Phi) is 6.68. The number of para-hydroxylation sites is 3. The van der Waals surface area contributed by atoms with Gasteiger partial charge in [0.1, 0.15) is 30.0 Å². The number of imidazole rings is 1. The minimum atomic E-state index is -0.731. The molecular weight excluding hydrogens is 442 g/mol. The molecule has 0 unspecified atom stereocenters. The molecule has 7 nitrogen and oxygen atoms in total. The summed E-state index contributed by atoms with van der Waals surface area (Å²) in [5, 5.41) is 10.8. The Morgan fingerprint density at radius 2 is 1.69 bits per heavy atom. The van der Waals surface area contributed by atoms with Crippen molar-refractivity contribution in [3.8, 4) is 11.5 Å². The van der Waals surface area contributed by atoms with Crippen LogP contribution in [0.2, 0.25) is 0 Å². The highest BCUT2D eigenvalue weighted by Crippen LogP contribution is 2.34. The third-order valence-corrected chi connectivity index (χ3v) is 6.21. The highest BCUT2D eigenvalue weighted by molar-refractivity contribution is 5.96. The molecule has 1 aliphatic rings. The molecule has 0 bridgehead atoms. The van der Waals surface area contributed by atoms with Crippen LogP contribution in [0.1, 0.15) is 25.1 Å². The van der Waals surface area contributed by atoms with Crippen LogP contribution in [0, 0.1) is 0 Å². The van der Waals surface area contributed by atoms with E-state index in [2.05, 4.69) is 0 Å². The van der Waals surface area contributed by atoms with E-state index in [1.54, 1.807) is 4.90 Å². The number of carbonyl (C=O) groups is 1. The number of aliphatic hydroxyl groups is 1. The van der Waals surface area contributed by atoms with Crippen molar-refractivity contribution in [2.75, 3.05) is 24.7 Å². The van der Waals surface area contributed by atoms with Crippen LogP contribution in [-0.4, -0.2) is 46.4 Å². The first-order valence-electron chi connectivity index (χ1n) is 12.0. The highest BCUT2D eigenvalue weighted by atomic mass is 16.5. The van der Waals surface area contributed by atoms with Crippen molar-refractivity contribution in [1.82, 2.24) is 9.55 Å². The lowest BCUT2D eigenvalue weighted by Gasteiger charge is -2.19. The molecule has 0 spiro atoms. The number of hydrogen-bond acceptors (Lipinski definition) is 5. The standard InChI is InChI=1S/C28H29N3O4/c1-2-34-24-14-12-21(13-15-24)30-17-20(16-27(30)33)28-29-25-10-6-7-11-26(25)31(28)18-22(32)19-35-23-8-4-3-5-9-23/h3-15,20,22,32H,2,16-19H2,1H3/t20-,22-/m1/s1. The molecule has 2 atom stereocenters. The maximum Gasteiger partial charge on any atom is 0.227 e. The van der Waals surface area contributed by atoms with Crippen LogP contribution in [0.5, 0.6) is 11.5 Å². The molecule has 3 aromatic carbocycles. The molecule has 1 N–H and O–H groups in total. The second-order valence-electron chi connectivity index (χ2n) is 8.68. The van der Waals surface area contributed by atoms with E-state index in [4.69, 9.17) is 14.5 Å². The van der Waals surface area contributed by atoms with E-state index in [1.165, 1.54) is 0 Å². The zero-order chi connectivity index (χ0) is 24.2. The molecule has 1 saturated heterocycles. The van der Waals surface area contributed by atoms with Gasteiger partial charge in [0.05, 0.1) is 24.2 Å². The fraction of sp³-hybridized carbons (Fsp3) is 0.286. The minimum Gasteiger partial charge on any atom is -0.494 e. The number of fused-ring (bicyclic) bond motifs is 1. The van der Waals surface area contributed by atoms with E-state index in [9.17, 15) is 9.90 Å². The number of ether oxygens (including phenoxy) is 2. The zero-order valence-electron chi connectivity index (χ0n) is 19.7. The lowest BCUT2D eigenvalue weighted by Crippen LogP contribution is -2.26. The first-order valence-corrected chi connectivity index (χ1v) is 12.0. The van der Waals surface area contributed by atoms with Crippen LogP contribution in [0.4, 0.5) is 5.69 Å². The molecule has 1 aromatic heterocycles. The predicted octanol–water partition coefficient (Wildman–Crippen LogP) is 4.40. The molecule has 35 heavy (non-hydrogen) atoms. The van der Waals surface area contributed by atoms with Crippen LogP contribution in [-0.2, 0) is 11.3 Å². The van der Waals surface area contributed by atoms with Crippen molar-refractivity contribution in [3.63, 3.8) is 0 Å². The molecule has 0 saturated carbocycles. The summed E-state index contributed by atoms with van der Waals surface area (Å²) in [6.45, 7) is 3.57. The molecule has 2 heterocycles. The van der Waals surface area contributed by atoms with Gasteiger partial charge in [0.25, 0.3) is 0 Å². The van der Waals surface area contributed by atoms with Gasteiger partial charge >= 0.3 is 0 Å². The zero-order valence-corrected chi connectivity index (χ0v) is 19.7. The Labute approximate surface area is 204 Å². The number of benzene rings is 3. The summed E-state index contributed by atoms with van der Waals surface area (Å²) >= 11 is 0. The first-order chi connectivity index (χ1) is 17.1. The van der Waals surface area contributed by atoms with E-state index in [-0.39, 0.29) is 18.4 Å². The summed E-state index contributed by atoms with van der Waals surface area (Å²) in [6.07, 6.45) is -0.362. The summed E-state index contributed by atoms with van der Waals surface area (Å²) < 4.78 is 13.3. The maximum atomic E-state index is 13.0. The quantitative estimate of drug-likeness (QED) is 0.392. The Balaban J connectivity index is 1.36. The van der Waals surface area contributed by atoms with Crippen LogP contribution >= 0.6 is 0 Å². The lowest BCUT2D eigenvalue weighted by atomic mass is 10.1. The van der Waals surface area contributed by atoms with Gasteiger partial charge in [0.2, 0.25) is 5.91 Å². The molecule has 1 aliphatic heterocycles. The van der Waals surface area contributed by atoms with Crippen LogP contribution < -0.4 is 14.4 Å². The largest absolute Gasteiger partial charge is 0.494 e. The molecule has 1 amide bonds. The number of anilines is 1. The van der Waals surface area contributed by atoms with Gasteiger partial charge in [0, 0.05) is 24.6 Å². The van der Waals surface area contributed by atoms with Crippen molar-refractivity contribution in [3.05, 3.63) is 84.7 Å². The predicted molar refractivity (Wildman–Crippen MR) is 135 cm³/mol. The van der Waals surface area contributed by atoms with Crippen molar-refractivity contribution in [2.45, 2.75) is 31.9 Å². The van der Waals surface area contributed by atoms with E-state index in [0.29, 0.717) is 26.1 Å². The smallest absolute Gasteiger partial charge is 0.227 e. The summed E-state index contributed by atoms with van der Waals surface area (Å²) in [7, 11) is 0. The van der Waals surface area contributed by atoms with E-state index in [0.717, 1.165) is 34.0 Å². The summed E-state index contributed by atoms with van der Waals surface area (Å²) in [5.41, 5.74) is 2.64. The molecule has 1 fully saturated rings. The van der Waals surface area contributed by atoms with Gasteiger partial charge < -0.3 is 24.0 Å². The van der Waals surface area contributed by atoms with E-state index < -0.39 is 6.10 Å². The number of nitrogens with zero attached hydrogens (tertiary/aromatic N) is 3. The molecule has 4 aromatic rings. The number of rotatable bonds is 9. The van der Waals surface area contributed by atoms with Gasteiger partial charge in [-0.1, -0.05) is 30.3 Å². The number of aliphatic hydroxyl groups excluding tert-OH is 1. The van der Waals surface area contributed by atoms with Crippen molar-refractivity contribution >= 4 is 22.6 Å². The SMILES string of the molecule is CCOc1ccc(N2C[C@H](c3nc4ccccc4n3C[C@@H](O)COc3ccccc3)CC2=O)cc1. The van der Waals surface area contributed by atoms with Gasteiger partial charge in [-0.3, -0.25) is 4.79 Å². The number of aromatic nitrogens is 2. The third-order valence-electron chi connectivity index (χ3n) is 6.21. The normalized spacial score (nSPS) is 16.6. The third kappa shape index (κ3) is 5.00. The van der Waals surface area contributed by atoms with Crippen LogP contribution in [0.3, 0.4) is 0 Å². The van der Waals surface area contributed by atoms with Gasteiger partial charge in [-0.25, -0.2) is 4.98 Å². The number of amides is 1. The first kappa shape index (κ1) is 22.9. The van der Waals surface area contributed by atoms with Crippen molar-refractivity contribution in [1.29, 1.82) is 0 Å². The van der Waals surface area contributed by atoms with Crippen LogP contribution in [0.25, 0.3) is 11.0 Å². The average Bonchev–Trinajstić information content (AvgIpc) is 3.45. The second kappa shape index (κ2) is 10.2. The van der Waals surface area contributed by atoms with Crippen molar-refractivity contribution in [2.24, 2.45) is 0 Å². The Bertz CT molecular complexity index is 1290. The fourth-order valence-electron chi connectivity index (χ4n) is 4.59. The Morgan fingerprint density at radius 1 is 0.971 bits per heavy atom. The summed E-state index contributed by atoms with van der Waals surface area (Å²) in [5.74, 6) is 2.30. The molecule has 0 radical (unpaired) electrons. The average molecular weight is 472 g/mol. The van der Waals surface area contributed by atoms with E-state index >= 15 is 0 Å². The Morgan fingerprint density at radius 3 is 2.46 bits per heavy atom. The molecule has 7 heteroatoms. The van der Waals surface area contributed by atoms with Gasteiger partial charge in [-0.2, -0.15) is 0 Å².